The number of β-amino-alcohol motifs (C(OH)–C–C–N with tert-alkyl or cyclic N) is 1. The molecule has 0 bridgehead atoms. The molecule has 6 nitrogen and oxygen atoms in total. The Morgan fingerprint density at radius 3 is 2.70 bits per heavy atom. The number of halogens is 2. The van der Waals surface area contributed by atoms with Gasteiger partial charge in [0.15, 0.2) is 0 Å². The van der Waals surface area contributed by atoms with E-state index in [-0.39, 0.29) is 35.9 Å². The molecule has 0 radical (unpaired) electrons. The van der Waals surface area contributed by atoms with Crippen molar-refractivity contribution in [1.29, 1.82) is 0 Å². The minimum Gasteiger partial charge on any atom is -0.490 e. The first-order chi connectivity index (χ1) is 13.9. The average molecular weight is 454 g/mol. The lowest BCUT2D eigenvalue weighted by Gasteiger charge is -2.39. The SMILES string of the molecule is Cl.O=C(O)c1ccccc1OC[C@H](O)CN1CCC2(CC1)Cc1cc(Cl)ccc1O2. The Balaban J connectivity index is 0.00000256. The van der Waals surface area contributed by atoms with Crippen LogP contribution in [0, 0.1) is 0 Å². The highest BCUT2D eigenvalue weighted by molar-refractivity contribution is 6.30. The van der Waals surface area contributed by atoms with E-state index < -0.39 is 12.1 Å². The summed E-state index contributed by atoms with van der Waals surface area (Å²) in [5.41, 5.74) is 1.08. The number of hydrogen-bond donors (Lipinski definition) is 2. The van der Waals surface area contributed by atoms with Crippen molar-refractivity contribution in [2.24, 2.45) is 0 Å². The summed E-state index contributed by atoms with van der Waals surface area (Å²) >= 11 is 6.10. The van der Waals surface area contributed by atoms with Gasteiger partial charge in [0.1, 0.15) is 35.4 Å². The van der Waals surface area contributed by atoms with Gasteiger partial charge in [0.05, 0.1) is 0 Å². The molecular formula is C22H25Cl2NO5. The summed E-state index contributed by atoms with van der Waals surface area (Å²) in [4.78, 5) is 13.4. The molecule has 0 aromatic heterocycles. The van der Waals surface area contributed by atoms with Crippen LogP contribution in [0.5, 0.6) is 11.5 Å². The number of para-hydroxylation sites is 1. The molecule has 4 rings (SSSR count). The molecule has 2 heterocycles. The third-order valence-corrected chi connectivity index (χ3v) is 5.88. The van der Waals surface area contributed by atoms with Crippen molar-refractivity contribution in [3.05, 3.63) is 58.6 Å². The van der Waals surface area contributed by atoms with Crippen LogP contribution in [0.1, 0.15) is 28.8 Å². The van der Waals surface area contributed by atoms with Gasteiger partial charge in [0.2, 0.25) is 0 Å². The van der Waals surface area contributed by atoms with Crippen LogP contribution in [0.25, 0.3) is 0 Å². The van der Waals surface area contributed by atoms with Crippen molar-refractivity contribution in [2.45, 2.75) is 31.0 Å². The normalized spacial score (nSPS) is 18.2. The second kappa shape index (κ2) is 9.43. The first-order valence-electron chi connectivity index (χ1n) is 9.77. The molecule has 2 aliphatic rings. The molecule has 2 aromatic carbocycles. The van der Waals surface area contributed by atoms with E-state index in [9.17, 15) is 15.0 Å². The molecule has 30 heavy (non-hydrogen) atoms. The van der Waals surface area contributed by atoms with E-state index >= 15 is 0 Å². The van der Waals surface area contributed by atoms with Gasteiger partial charge in [-0.2, -0.15) is 0 Å². The van der Waals surface area contributed by atoms with E-state index in [0.717, 1.165) is 48.7 Å². The number of hydrogen-bond acceptors (Lipinski definition) is 5. The molecule has 0 saturated carbocycles. The summed E-state index contributed by atoms with van der Waals surface area (Å²) in [6.45, 7) is 2.17. The number of nitrogens with zero attached hydrogens (tertiary/aromatic N) is 1. The number of fused-ring (bicyclic) bond motifs is 1. The highest BCUT2D eigenvalue weighted by atomic mass is 35.5. The van der Waals surface area contributed by atoms with Gasteiger partial charge in [-0.05, 0) is 35.9 Å². The van der Waals surface area contributed by atoms with Crippen LogP contribution in [0.15, 0.2) is 42.5 Å². The predicted molar refractivity (Wildman–Crippen MR) is 116 cm³/mol. The second-order valence-electron chi connectivity index (χ2n) is 7.78. The third kappa shape index (κ3) is 5.01. The molecule has 1 saturated heterocycles. The molecule has 0 unspecified atom stereocenters. The highest BCUT2D eigenvalue weighted by Crippen LogP contribution is 2.41. The zero-order chi connectivity index (χ0) is 20.4. The fourth-order valence-corrected chi connectivity index (χ4v) is 4.32. The minimum atomic E-state index is -1.05. The minimum absolute atomic E-state index is 0. The van der Waals surface area contributed by atoms with Crippen molar-refractivity contribution in [2.75, 3.05) is 26.2 Å². The molecule has 2 aliphatic heterocycles. The number of piperidine rings is 1. The van der Waals surface area contributed by atoms with E-state index in [2.05, 4.69) is 4.90 Å². The molecule has 2 aromatic rings. The lowest BCUT2D eigenvalue weighted by atomic mass is 9.87. The molecule has 8 heteroatoms. The number of ether oxygens (including phenoxy) is 2. The highest BCUT2D eigenvalue weighted by Gasteiger charge is 2.42. The Kier molecular flexibility index (Phi) is 7.14. The first-order valence-corrected chi connectivity index (χ1v) is 10.1. The van der Waals surface area contributed by atoms with E-state index in [1.54, 1.807) is 18.2 Å². The Labute approximate surface area is 186 Å². The topological polar surface area (TPSA) is 79.2 Å². The number of aliphatic hydroxyl groups excluding tert-OH is 1. The summed E-state index contributed by atoms with van der Waals surface area (Å²) in [7, 11) is 0. The molecule has 162 valence electrons. The van der Waals surface area contributed by atoms with Gasteiger partial charge in [-0.15, -0.1) is 12.4 Å². The summed E-state index contributed by atoms with van der Waals surface area (Å²) in [6, 6.07) is 12.2. The van der Waals surface area contributed by atoms with Gasteiger partial charge >= 0.3 is 5.97 Å². The molecule has 1 fully saturated rings. The van der Waals surface area contributed by atoms with Crippen molar-refractivity contribution in [3.63, 3.8) is 0 Å². The first kappa shape index (κ1) is 22.7. The summed E-state index contributed by atoms with van der Waals surface area (Å²) in [5.74, 6) is 0.149. The molecule has 0 aliphatic carbocycles. The van der Waals surface area contributed by atoms with Gasteiger partial charge in [0.25, 0.3) is 0 Å². The number of carboxylic acids is 1. The Hall–Kier alpha value is -1.99. The van der Waals surface area contributed by atoms with Crippen LogP contribution in [-0.2, 0) is 6.42 Å². The van der Waals surface area contributed by atoms with Crippen LogP contribution in [0.3, 0.4) is 0 Å². The standard InChI is InChI=1S/C22H24ClNO5.ClH/c23-16-5-6-19-15(11-16)12-22(29-19)7-9-24(10-8-22)13-17(25)14-28-20-4-2-1-3-18(20)21(26)27;/h1-6,11,17,25H,7-10,12-14H2,(H,26,27);1H/t17-;/m1./s1. The third-order valence-electron chi connectivity index (χ3n) is 5.65. The van der Waals surface area contributed by atoms with Gasteiger partial charge in [0, 0.05) is 43.9 Å². The van der Waals surface area contributed by atoms with Gasteiger partial charge in [-0.1, -0.05) is 23.7 Å². The predicted octanol–water partition coefficient (Wildman–Crippen LogP) is 3.67. The zero-order valence-electron chi connectivity index (χ0n) is 16.4. The molecule has 2 N–H and O–H groups in total. The maximum Gasteiger partial charge on any atom is 0.339 e. The fraction of sp³-hybridized carbons (Fsp3) is 0.409. The van der Waals surface area contributed by atoms with E-state index in [0.29, 0.717) is 6.54 Å². The smallest absolute Gasteiger partial charge is 0.339 e. The van der Waals surface area contributed by atoms with Gasteiger partial charge in [-0.25, -0.2) is 4.79 Å². The van der Waals surface area contributed by atoms with Crippen LogP contribution in [0.4, 0.5) is 0 Å². The Morgan fingerprint density at radius 1 is 1.23 bits per heavy atom. The average Bonchev–Trinajstić information content (AvgIpc) is 3.05. The Bertz CT molecular complexity index is 899. The van der Waals surface area contributed by atoms with Gasteiger partial charge < -0.3 is 24.6 Å². The maximum absolute atomic E-state index is 11.2. The van der Waals surface area contributed by atoms with Crippen LogP contribution in [0.2, 0.25) is 5.02 Å². The second-order valence-corrected chi connectivity index (χ2v) is 8.22. The number of likely N-dealkylation sites (tertiary alicyclic amines) is 1. The monoisotopic (exact) mass is 453 g/mol. The number of aromatic carboxylic acids is 1. The summed E-state index contributed by atoms with van der Waals surface area (Å²) in [6.07, 6.45) is 1.93. The zero-order valence-corrected chi connectivity index (χ0v) is 18.0. The Morgan fingerprint density at radius 2 is 1.97 bits per heavy atom. The number of benzene rings is 2. The van der Waals surface area contributed by atoms with Crippen LogP contribution >= 0.6 is 24.0 Å². The van der Waals surface area contributed by atoms with Crippen LogP contribution in [-0.4, -0.2) is 59.0 Å². The van der Waals surface area contributed by atoms with Crippen molar-refractivity contribution >= 4 is 30.0 Å². The number of rotatable bonds is 6. The number of carbonyl (C=O) groups is 1. The van der Waals surface area contributed by atoms with Crippen LogP contribution < -0.4 is 9.47 Å². The van der Waals surface area contributed by atoms with E-state index in [4.69, 9.17) is 21.1 Å². The number of carboxylic acid groups (broad SMARTS) is 1. The van der Waals surface area contributed by atoms with E-state index in [1.807, 2.05) is 18.2 Å². The van der Waals surface area contributed by atoms with Crippen molar-refractivity contribution < 1.29 is 24.5 Å². The quantitative estimate of drug-likeness (QED) is 0.694. The molecule has 1 spiro atoms. The van der Waals surface area contributed by atoms with E-state index in [1.165, 1.54) is 6.07 Å². The molecular weight excluding hydrogens is 429 g/mol. The lowest BCUT2D eigenvalue weighted by Crippen LogP contribution is -2.49. The molecule has 1 atom stereocenters. The number of aliphatic hydroxyl groups is 1. The molecule has 0 amide bonds. The summed E-state index contributed by atoms with van der Waals surface area (Å²) < 4.78 is 11.8. The largest absolute Gasteiger partial charge is 0.490 e. The lowest BCUT2D eigenvalue weighted by molar-refractivity contribution is -0.00202. The fourth-order valence-electron chi connectivity index (χ4n) is 4.13. The van der Waals surface area contributed by atoms with Crippen molar-refractivity contribution in [3.8, 4) is 11.5 Å². The van der Waals surface area contributed by atoms with Gasteiger partial charge in [-0.3, -0.25) is 0 Å². The maximum atomic E-state index is 11.2. The van der Waals surface area contributed by atoms with Crippen molar-refractivity contribution in [1.82, 2.24) is 4.90 Å². The summed E-state index contributed by atoms with van der Waals surface area (Å²) in [5, 5.41) is 20.3.